The lowest BCUT2D eigenvalue weighted by atomic mass is 10.2. The van der Waals surface area contributed by atoms with Crippen LogP contribution >= 0.6 is 0 Å². The Morgan fingerprint density at radius 2 is 1.86 bits per heavy atom. The molecule has 0 radical (unpaired) electrons. The quantitative estimate of drug-likeness (QED) is 0.675. The minimum Gasteiger partial charge on any atom is -0.508 e. The molecule has 0 aliphatic carbocycles. The number of quaternary nitrogens is 1. The van der Waals surface area contributed by atoms with Gasteiger partial charge in [-0.25, -0.2) is 0 Å². The van der Waals surface area contributed by atoms with Crippen LogP contribution in [0.1, 0.15) is 6.92 Å². The van der Waals surface area contributed by atoms with Crippen LogP contribution in [-0.4, -0.2) is 18.4 Å². The number of phenols is 1. The Kier molecular flexibility index (Phi) is 1.89. The van der Waals surface area contributed by atoms with Gasteiger partial charge in [-0.05, 0) is 19.1 Å². The summed E-state index contributed by atoms with van der Waals surface area (Å²) in [6.07, 6.45) is 3.92. The van der Waals surface area contributed by atoms with E-state index in [0.717, 1.165) is 11.3 Å². The number of hydrogen-bond donors (Lipinski definition) is 1. The molecule has 3 nitrogen and oxygen atoms in total. The minimum atomic E-state index is 0.282. The van der Waals surface area contributed by atoms with Crippen molar-refractivity contribution in [2.75, 3.05) is 7.05 Å². The molecular weight excluding hydrogens is 176 g/mol. The van der Waals surface area contributed by atoms with Crippen molar-refractivity contribution in [3.05, 3.63) is 36.0 Å². The fourth-order valence-corrected chi connectivity index (χ4v) is 1.57. The molecule has 1 aliphatic rings. The van der Waals surface area contributed by atoms with Crippen LogP contribution in [0.15, 0.2) is 41.1 Å². The molecule has 0 saturated heterocycles. The van der Waals surface area contributed by atoms with Crippen LogP contribution in [0.5, 0.6) is 5.75 Å². The number of hydrogen-bond acceptors (Lipinski definition) is 2. The van der Waals surface area contributed by atoms with E-state index < -0.39 is 0 Å². The molecular formula is C11H13N2O+. The predicted molar refractivity (Wildman–Crippen MR) is 58.1 cm³/mol. The summed E-state index contributed by atoms with van der Waals surface area (Å²) in [5, 5.41) is 13.6. The largest absolute Gasteiger partial charge is 0.508 e. The van der Waals surface area contributed by atoms with Crippen molar-refractivity contribution in [2.24, 2.45) is 5.10 Å². The molecule has 0 fully saturated rings. The molecule has 0 amide bonds. The number of phenolic OH excluding ortho intramolecular Hbond substituents is 1. The average Bonchev–Trinajstić information content (AvgIpc) is 2.48. The lowest BCUT2D eigenvalue weighted by Crippen LogP contribution is -2.30. The summed E-state index contributed by atoms with van der Waals surface area (Å²) in [6.45, 7) is 2.02. The number of aromatic hydroxyl groups is 1. The molecule has 1 atom stereocenters. The molecule has 1 aromatic rings. The zero-order valence-electron chi connectivity index (χ0n) is 8.31. The van der Waals surface area contributed by atoms with Crippen molar-refractivity contribution in [1.29, 1.82) is 0 Å². The van der Waals surface area contributed by atoms with Gasteiger partial charge >= 0.3 is 0 Å². The highest BCUT2D eigenvalue weighted by Gasteiger charge is 2.26. The van der Waals surface area contributed by atoms with Gasteiger partial charge in [0.2, 0.25) is 0 Å². The lowest BCUT2D eigenvalue weighted by Gasteiger charge is -2.19. The molecule has 2 rings (SSSR count). The van der Waals surface area contributed by atoms with Crippen LogP contribution in [0, 0.1) is 0 Å². The molecule has 1 aromatic carbocycles. The second-order valence-electron chi connectivity index (χ2n) is 3.66. The topological polar surface area (TPSA) is 32.6 Å². The van der Waals surface area contributed by atoms with Crippen molar-refractivity contribution in [1.82, 2.24) is 4.59 Å². The summed E-state index contributed by atoms with van der Waals surface area (Å²) in [4.78, 5) is 0. The highest BCUT2D eigenvalue weighted by molar-refractivity contribution is 5.81. The summed E-state index contributed by atoms with van der Waals surface area (Å²) in [5.74, 6) is 0.282. The van der Waals surface area contributed by atoms with Crippen molar-refractivity contribution >= 4 is 11.9 Å². The highest BCUT2D eigenvalue weighted by Crippen LogP contribution is 2.27. The summed E-state index contributed by atoms with van der Waals surface area (Å²) in [7, 11) is 2.00. The monoisotopic (exact) mass is 189 g/mol. The van der Waals surface area contributed by atoms with E-state index in [2.05, 4.69) is 11.3 Å². The smallest absolute Gasteiger partial charge is 0.164 e. The third-order valence-corrected chi connectivity index (χ3v) is 2.33. The standard InChI is InChI=1S/C11H12N2O/c1-9-7-12-13(2,8-9)10-3-5-11(14)6-4-10/h3-8H,1-2H3/p+1. The molecule has 1 aliphatic heterocycles. The maximum Gasteiger partial charge on any atom is 0.164 e. The Balaban J connectivity index is 2.41. The van der Waals surface area contributed by atoms with Gasteiger partial charge in [-0.15, -0.1) is 4.59 Å². The van der Waals surface area contributed by atoms with E-state index in [1.807, 2.05) is 32.3 Å². The van der Waals surface area contributed by atoms with Gasteiger partial charge < -0.3 is 5.11 Å². The van der Waals surface area contributed by atoms with E-state index in [1.54, 1.807) is 12.1 Å². The van der Waals surface area contributed by atoms with Gasteiger partial charge in [0.25, 0.3) is 0 Å². The molecule has 0 bridgehead atoms. The van der Waals surface area contributed by atoms with E-state index in [0.29, 0.717) is 4.59 Å². The molecule has 0 saturated carbocycles. The van der Waals surface area contributed by atoms with Gasteiger partial charge in [0.05, 0.1) is 6.21 Å². The van der Waals surface area contributed by atoms with E-state index in [9.17, 15) is 5.11 Å². The molecule has 3 heteroatoms. The summed E-state index contributed by atoms with van der Waals surface area (Å²) >= 11 is 0. The van der Waals surface area contributed by atoms with Gasteiger partial charge in [0, 0.05) is 17.7 Å². The van der Waals surface area contributed by atoms with E-state index in [-0.39, 0.29) is 5.75 Å². The Labute approximate surface area is 83.2 Å². The number of nitrogens with zero attached hydrogens (tertiary/aromatic N) is 2. The summed E-state index contributed by atoms with van der Waals surface area (Å²) in [6, 6.07) is 7.11. The number of allylic oxidation sites excluding steroid dienone is 1. The Morgan fingerprint density at radius 3 is 2.36 bits per heavy atom. The van der Waals surface area contributed by atoms with Gasteiger partial charge in [-0.1, -0.05) is 5.10 Å². The van der Waals surface area contributed by atoms with Crippen molar-refractivity contribution < 1.29 is 5.11 Å². The van der Waals surface area contributed by atoms with Crippen LogP contribution in [-0.2, 0) is 0 Å². The molecule has 1 heterocycles. The first kappa shape index (κ1) is 8.97. The number of benzene rings is 1. The third kappa shape index (κ3) is 1.42. The normalized spacial score (nSPS) is 25.1. The van der Waals surface area contributed by atoms with Crippen LogP contribution in [0.25, 0.3) is 0 Å². The van der Waals surface area contributed by atoms with Crippen LogP contribution in [0.4, 0.5) is 5.69 Å². The minimum absolute atomic E-state index is 0.282. The van der Waals surface area contributed by atoms with Gasteiger partial charge in [0.1, 0.15) is 19.0 Å². The molecule has 14 heavy (non-hydrogen) atoms. The van der Waals surface area contributed by atoms with Gasteiger partial charge in [0.15, 0.2) is 5.69 Å². The molecule has 0 spiro atoms. The van der Waals surface area contributed by atoms with Crippen LogP contribution in [0.2, 0.25) is 0 Å². The van der Waals surface area contributed by atoms with Crippen molar-refractivity contribution in [2.45, 2.75) is 6.92 Å². The molecule has 72 valence electrons. The zero-order valence-corrected chi connectivity index (χ0v) is 8.31. The molecule has 1 unspecified atom stereocenters. The summed E-state index contributed by atoms with van der Waals surface area (Å²) in [5.41, 5.74) is 2.19. The van der Waals surface area contributed by atoms with E-state index in [4.69, 9.17) is 0 Å². The Bertz CT molecular complexity index is 406. The first-order valence-corrected chi connectivity index (χ1v) is 4.51. The maximum atomic E-state index is 9.17. The second-order valence-corrected chi connectivity index (χ2v) is 3.66. The van der Waals surface area contributed by atoms with Crippen LogP contribution < -0.4 is 4.59 Å². The fraction of sp³-hybridized carbons (Fsp3) is 0.182. The zero-order chi connectivity index (χ0) is 10.2. The Morgan fingerprint density at radius 1 is 1.21 bits per heavy atom. The molecule has 1 N–H and O–H groups in total. The first-order valence-electron chi connectivity index (χ1n) is 4.51. The Hall–Kier alpha value is -1.61. The predicted octanol–water partition coefficient (Wildman–Crippen LogP) is 2.23. The average molecular weight is 189 g/mol. The highest BCUT2D eigenvalue weighted by atomic mass is 16.3. The summed E-state index contributed by atoms with van der Waals surface area (Å²) < 4.78 is 0.423. The van der Waals surface area contributed by atoms with Gasteiger partial charge in [-0.3, -0.25) is 0 Å². The molecule has 0 aromatic heterocycles. The second kappa shape index (κ2) is 2.96. The maximum absolute atomic E-state index is 9.17. The first-order chi connectivity index (χ1) is 6.60. The van der Waals surface area contributed by atoms with E-state index >= 15 is 0 Å². The lowest BCUT2D eigenvalue weighted by molar-refractivity contribution is 0.468. The van der Waals surface area contributed by atoms with Crippen molar-refractivity contribution in [3.8, 4) is 5.75 Å². The fourth-order valence-electron chi connectivity index (χ4n) is 1.57. The number of rotatable bonds is 1. The third-order valence-electron chi connectivity index (χ3n) is 2.33. The van der Waals surface area contributed by atoms with E-state index in [1.165, 1.54) is 0 Å². The van der Waals surface area contributed by atoms with Crippen molar-refractivity contribution in [3.63, 3.8) is 0 Å². The van der Waals surface area contributed by atoms with Crippen LogP contribution in [0.3, 0.4) is 0 Å². The SMILES string of the molecule is CC1=C[N+](C)(c2ccc(O)cc2)N=C1. The van der Waals surface area contributed by atoms with Gasteiger partial charge in [-0.2, -0.15) is 0 Å².